The highest BCUT2D eigenvalue weighted by atomic mass is 16.5. The van der Waals surface area contributed by atoms with Crippen molar-refractivity contribution < 1.29 is 19.1 Å². The Labute approximate surface area is 255 Å². The fraction of sp³-hybridized carbons (Fsp3) is 0.222. The van der Waals surface area contributed by atoms with Crippen molar-refractivity contribution in [2.24, 2.45) is 7.05 Å². The molecule has 0 amide bonds. The van der Waals surface area contributed by atoms with Gasteiger partial charge in [-0.25, -0.2) is 19.6 Å². The van der Waals surface area contributed by atoms with Crippen LogP contribution >= 0.6 is 0 Å². The van der Waals surface area contributed by atoms with E-state index in [9.17, 15) is 9.59 Å². The van der Waals surface area contributed by atoms with Crippen LogP contribution in [-0.4, -0.2) is 45.3 Å². The summed E-state index contributed by atoms with van der Waals surface area (Å²) >= 11 is 0. The van der Waals surface area contributed by atoms with Gasteiger partial charge in [0, 0.05) is 25.6 Å². The minimum Gasteiger partial charge on any atom is -0.465 e. The number of esters is 2. The normalized spacial score (nSPS) is 11.3. The molecule has 0 radical (unpaired) electrons. The molecular weight excluding hydrogens is 552 g/mol. The fourth-order valence-electron chi connectivity index (χ4n) is 5.85. The van der Waals surface area contributed by atoms with E-state index in [1.165, 1.54) is 14.2 Å². The molecule has 0 aliphatic carbocycles. The maximum atomic E-state index is 12.5. The van der Waals surface area contributed by atoms with E-state index in [4.69, 9.17) is 19.4 Å². The lowest BCUT2D eigenvalue weighted by Crippen LogP contribution is -2.07. The summed E-state index contributed by atoms with van der Waals surface area (Å²) in [7, 11) is 4.73. The molecule has 44 heavy (non-hydrogen) atoms. The Bertz CT molecular complexity index is 2040. The lowest BCUT2D eigenvalue weighted by Gasteiger charge is -2.13. The van der Waals surface area contributed by atoms with Crippen LogP contribution in [0.4, 0.5) is 0 Å². The molecule has 8 heteroatoms. The molecule has 6 rings (SSSR count). The van der Waals surface area contributed by atoms with Gasteiger partial charge in [-0.2, -0.15) is 0 Å². The van der Waals surface area contributed by atoms with Gasteiger partial charge < -0.3 is 18.6 Å². The van der Waals surface area contributed by atoms with E-state index in [1.54, 1.807) is 18.2 Å². The summed E-state index contributed by atoms with van der Waals surface area (Å²) in [6, 6.07) is 25.4. The first kappa shape index (κ1) is 28.9. The van der Waals surface area contributed by atoms with Crippen LogP contribution in [0.5, 0.6) is 0 Å². The van der Waals surface area contributed by atoms with Crippen LogP contribution in [0, 0.1) is 6.92 Å². The number of carbonyl (C=O) groups is 2. The highest BCUT2D eigenvalue weighted by molar-refractivity contribution is 6.00. The van der Waals surface area contributed by atoms with Crippen molar-refractivity contribution >= 4 is 34.0 Å². The highest BCUT2D eigenvalue weighted by Gasteiger charge is 2.19. The van der Waals surface area contributed by atoms with Gasteiger partial charge in [0.2, 0.25) is 0 Å². The Morgan fingerprint density at radius 2 is 1.57 bits per heavy atom. The van der Waals surface area contributed by atoms with Crippen molar-refractivity contribution in [3.05, 3.63) is 107 Å². The van der Waals surface area contributed by atoms with Crippen molar-refractivity contribution in [2.45, 2.75) is 33.2 Å². The number of imidazole rings is 2. The van der Waals surface area contributed by atoms with Gasteiger partial charge in [0.25, 0.3) is 0 Å². The Morgan fingerprint density at radius 3 is 2.27 bits per heavy atom. The first-order valence-electron chi connectivity index (χ1n) is 14.6. The number of methoxy groups -OCH3 is 2. The van der Waals surface area contributed by atoms with E-state index in [1.807, 2.05) is 42.5 Å². The van der Waals surface area contributed by atoms with E-state index < -0.39 is 11.9 Å². The standard InChI is InChI=1S/C36H34N4O4/c1-6-9-32-38-33-22(2)18-26(34-37-29-10-7-8-11-30(29)39(34)3)20-31(33)40(32)21-23-12-14-24(15-13-23)28-19-25(35(41)43-4)16-17-27(28)36(42)44-5/h7-8,10-20H,6,9,21H2,1-5H3. The number of hydrogen-bond acceptors (Lipinski definition) is 6. The predicted octanol–water partition coefficient (Wildman–Crippen LogP) is 7.14. The van der Waals surface area contributed by atoms with E-state index in [2.05, 4.69) is 48.2 Å². The summed E-state index contributed by atoms with van der Waals surface area (Å²) in [5.74, 6) is 1.01. The number of carbonyl (C=O) groups excluding carboxylic acids is 2. The molecule has 0 saturated heterocycles. The van der Waals surface area contributed by atoms with Gasteiger partial charge in [-0.1, -0.05) is 43.3 Å². The molecule has 222 valence electrons. The number of fused-ring (bicyclic) bond motifs is 2. The molecule has 8 nitrogen and oxygen atoms in total. The third kappa shape index (κ3) is 5.13. The minimum atomic E-state index is -0.471. The van der Waals surface area contributed by atoms with Crippen molar-refractivity contribution in [1.29, 1.82) is 0 Å². The Balaban J connectivity index is 1.41. The summed E-state index contributed by atoms with van der Waals surface area (Å²) in [4.78, 5) is 34.8. The van der Waals surface area contributed by atoms with Gasteiger partial charge in [0.1, 0.15) is 11.6 Å². The lowest BCUT2D eigenvalue weighted by atomic mass is 9.96. The summed E-state index contributed by atoms with van der Waals surface area (Å²) in [6.07, 6.45) is 1.84. The Hall–Kier alpha value is -5.24. The van der Waals surface area contributed by atoms with Crippen LogP contribution in [-0.2, 0) is 29.5 Å². The van der Waals surface area contributed by atoms with Crippen LogP contribution in [0.3, 0.4) is 0 Å². The third-order valence-electron chi connectivity index (χ3n) is 8.09. The molecule has 0 aliphatic heterocycles. The lowest BCUT2D eigenvalue weighted by molar-refractivity contribution is 0.0587. The van der Waals surface area contributed by atoms with Crippen molar-refractivity contribution in [2.75, 3.05) is 14.2 Å². The van der Waals surface area contributed by atoms with E-state index >= 15 is 0 Å². The van der Waals surface area contributed by atoms with Crippen molar-refractivity contribution in [3.8, 4) is 22.5 Å². The number of ether oxygens (including phenoxy) is 2. The molecule has 0 spiro atoms. The number of para-hydroxylation sites is 2. The van der Waals surface area contributed by atoms with Crippen LogP contribution in [0.1, 0.15) is 51.0 Å². The molecule has 2 heterocycles. The zero-order valence-electron chi connectivity index (χ0n) is 25.5. The fourth-order valence-corrected chi connectivity index (χ4v) is 5.85. The van der Waals surface area contributed by atoms with Crippen LogP contribution < -0.4 is 0 Å². The summed E-state index contributed by atoms with van der Waals surface area (Å²) in [5, 5.41) is 0. The smallest absolute Gasteiger partial charge is 0.338 e. The van der Waals surface area contributed by atoms with E-state index in [-0.39, 0.29) is 0 Å². The molecule has 0 saturated carbocycles. The molecule has 4 aromatic carbocycles. The quantitative estimate of drug-likeness (QED) is 0.176. The summed E-state index contributed by atoms with van der Waals surface area (Å²) < 4.78 is 14.3. The van der Waals surface area contributed by atoms with E-state index in [0.717, 1.165) is 68.8 Å². The number of rotatable bonds is 8. The molecule has 2 aromatic heterocycles. The average molecular weight is 587 g/mol. The van der Waals surface area contributed by atoms with Crippen LogP contribution in [0.15, 0.2) is 78.9 Å². The minimum absolute atomic E-state index is 0.361. The number of benzene rings is 4. The molecule has 6 aromatic rings. The molecule has 0 fully saturated rings. The molecule has 0 N–H and O–H groups in total. The van der Waals surface area contributed by atoms with Gasteiger partial charge in [-0.15, -0.1) is 0 Å². The molecule has 0 unspecified atom stereocenters. The molecule has 0 aliphatic rings. The Morgan fingerprint density at radius 1 is 0.818 bits per heavy atom. The van der Waals surface area contributed by atoms with Crippen molar-refractivity contribution in [3.63, 3.8) is 0 Å². The summed E-state index contributed by atoms with van der Waals surface area (Å²) in [5.41, 5.74) is 9.50. The predicted molar refractivity (Wildman–Crippen MR) is 172 cm³/mol. The second kappa shape index (κ2) is 11.8. The SMILES string of the molecule is CCCc1nc2c(C)cc(-c3nc4ccccc4n3C)cc2n1Cc1ccc(-c2cc(C(=O)OC)ccc2C(=O)OC)cc1. The highest BCUT2D eigenvalue weighted by Crippen LogP contribution is 2.31. The molecule has 0 bridgehead atoms. The zero-order chi connectivity index (χ0) is 31.0. The number of aryl methyl sites for hydroxylation is 3. The van der Waals surface area contributed by atoms with Crippen molar-refractivity contribution in [1.82, 2.24) is 19.1 Å². The largest absolute Gasteiger partial charge is 0.465 e. The van der Waals surface area contributed by atoms with Gasteiger partial charge in [-0.05, 0) is 78.1 Å². The summed E-state index contributed by atoms with van der Waals surface area (Å²) in [6.45, 7) is 4.90. The van der Waals surface area contributed by atoms with Gasteiger partial charge in [0.05, 0.1) is 47.4 Å². The monoisotopic (exact) mass is 586 g/mol. The number of aromatic nitrogens is 4. The zero-order valence-corrected chi connectivity index (χ0v) is 25.5. The molecular formula is C36H34N4O4. The first-order valence-corrected chi connectivity index (χ1v) is 14.6. The van der Waals surface area contributed by atoms with Gasteiger partial charge in [0.15, 0.2) is 0 Å². The molecule has 0 atom stereocenters. The van der Waals surface area contributed by atoms with Gasteiger partial charge in [-0.3, -0.25) is 0 Å². The average Bonchev–Trinajstić information content (AvgIpc) is 3.57. The van der Waals surface area contributed by atoms with E-state index in [0.29, 0.717) is 23.2 Å². The van der Waals surface area contributed by atoms with Crippen LogP contribution in [0.2, 0.25) is 0 Å². The van der Waals surface area contributed by atoms with Crippen LogP contribution in [0.25, 0.3) is 44.6 Å². The maximum Gasteiger partial charge on any atom is 0.338 e. The van der Waals surface area contributed by atoms with Gasteiger partial charge >= 0.3 is 11.9 Å². The number of nitrogens with zero attached hydrogens (tertiary/aromatic N) is 4. The number of hydrogen-bond donors (Lipinski definition) is 0. The second-order valence-corrected chi connectivity index (χ2v) is 10.9. The third-order valence-corrected chi connectivity index (χ3v) is 8.09. The Kier molecular flexibility index (Phi) is 7.74. The second-order valence-electron chi connectivity index (χ2n) is 10.9. The first-order chi connectivity index (χ1) is 21.3. The topological polar surface area (TPSA) is 88.2 Å². The maximum absolute atomic E-state index is 12.5.